The number of rotatable bonds is 7. The van der Waals surface area contributed by atoms with Crippen LogP contribution in [-0.2, 0) is 16.6 Å². The quantitative estimate of drug-likeness (QED) is 0.370. The molecule has 0 aliphatic heterocycles. The molecule has 0 unspecified atom stereocenters. The van der Waals surface area contributed by atoms with Crippen molar-refractivity contribution in [3.63, 3.8) is 0 Å². The number of aryl methyl sites for hydroxylation is 2. The second-order valence-electron chi connectivity index (χ2n) is 8.84. The van der Waals surface area contributed by atoms with Gasteiger partial charge < -0.3 is 9.47 Å². The Morgan fingerprint density at radius 1 is 0.968 bits per heavy atom. The highest BCUT2D eigenvalue weighted by atomic mass is 32.1. The molecule has 3 rings (SSSR count). The average molecular weight is 437 g/mol. The van der Waals surface area contributed by atoms with E-state index in [0.29, 0.717) is 18.1 Å². The summed E-state index contributed by atoms with van der Waals surface area (Å²) in [6.07, 6.45) is 0.762. The van der Waals surface area contributed by atoms with Crippen molar-refractivity contribution in [2.45, 2.75) is 53.4 Å². The Kier molecular flexibility index (Phi) is 7.22. The highest BCUT2D eigenvalue weighted by Crippen LogP contribution is 2.33. The minimum absolute atomic E-state index is 0.153. The van der Waals surface area contributed by atoms with E-state index in [0.717, 1.165) is 17.0 Å². The average Bonchev–Trinajstić information content (AvgIpc) is 3.16. The summed E-state index contributed by atoms with van der Waals surface area (Å²) in [6.45, 7) is 13.8. The number of thiophene rings is 1. The van der Waals surface area contributed by atoms with Crippen molar-refractivity contribution in [2.24, 2.45) is 0 Å². The van der Waals surface area contributed by atoms with Crippen molar-refractivity contribution in [1.29, 1.82) is 0 Å². The maximum atomic E-state index is 11.8. The van der Waals surface area contributed by atoms with E-state index in [1.54, 1.807) is 0 Å². The van der Waals surface area contributed by atoms with Gasteiger partial charge >= 0.3 is 5.97 Å². The maximum Gasteiger partial charge on any atom is 0.348 e. The third kappa shape index (κ3) is 5.76. The van der Waals surface area contributed by atoms with E-state index in [1.165, 1.54) is 39.2 Å². The van der Waals surface area contributed by atoms with E-state index in [9.17, 15) is 4.79 Å². The Morgan fingerprint density at radius 3 is 2.19 bits per heavy atom. The van der Waals surface area contributed by atoms with Crippen LogP contribution in [0.1, 0.15) is 58.9 Å². The third-order valence-corrected chi connectivity index (χ3v) is 6.43. The molecule has 0 atom stereocenters. The molecule has 3 aromatic rings. The lowest BCUT2D eigenvalue weighted by Crippen LogP contribution is -2.10. The van der Waals surface area contributed by atoms with Gasteiger partial charge in [0.1, 0.15) is 10.6 Å². The van der Waals surface area contributed by atoms with Crippen molar-refractivity contribution >= 4 is 17.3 Å². The van der Waals surface area contributed by atoms with Crippen LogP contribution in [0, 0.1) is 13.8 Å². The summed E-state index contributed by atoms with van der Waals surface area (Å²) in [7, 11) is 0. The topological polar surface area (TPSA) is 35.5 Å². The molecule has 31 heavy (non-hydrogen) atoms. The van der Waals surface area contributed by atoms with Crippen LogP contribution < -0.4 is 4.74 Å². The molecule has 0 spiro atoms. The Bertz CT molecular complexity index is 1020. The van der Waals surface area contributed by atoms with Crippen LogP contribution in [-0.4, -0.2) is 19.2 Å². The van der Waals surface area contributed by atoms with Crippen molar-refractivity contribution in [1.82, 2.24) is 0 Å². The summed E-state index contributed by atoms with van der Waals surface area (Å²) in [5, 5.41) is 0. The maximum absolute atomic E-state index is 11.8. The fraction of sp³-hybridized carbons (Fsp3) is 0.370. The molecule has 0 N–H and O–H groups in total. The molecule has 2 aromatic carbocycles. The second-order valence-corrected chi connectivity index (χ2v) is 10.0. The molecule has 0 radical (unpaired) electrons. The molecular weight excluding hydrogens is 404 g/mol. The summed E-state index contributed by atoms with van der Waals surface area (Å²) in [6, 6.07) is 16.9. The van der Waals surface area contributed by atoms with Crippen LogP contribution in [0.5, 0.6) is 5.75 Å². The summed E-state index contributed by atoms with van der Waals surface area (Å²) in [4.78, 5) is 13.6. The molecule has 0 aliphatic rings. The minimum Gasteiger partial charge on any atom is -0.493 e. The fourth-order valence-corrected chi connectivity index (χ4v) is 4.58. The minimum atomic E-state index is -0.253. The number of benzene rings is 2. The smallest absolute Gasteiger partial charge is 0.348 e. The van der Waals surface area contributed by atoms with Crippen LogP contribution >= 0.6 is 11.3 Å². The van der Waals surface area contributed by atoms with Gasteiger partial charge in [-0.15, -0.1) is 11.3 Å². The monoisotopic (exact) mass is 436 g/mol. The van der Waals surface area contributed by atoms with Crippen molar-refractivity contribution in [2.75, 3.05) is 13.2 Å². The van der Waals surface area contributed by atoms with Crippen LogP contribution in [0.25, 0.3) is 11.1 Å². The van der Waals surface area contributed by atoms with Crippen molar-refractivity contribution < 1.29 is 14.3 Å². The summed E-state index contributed by atoms with van der Waals surface area (Å²) >= 11 is 1.47. The molecule has 0 aliphatic carbocycles. The first kappa shape index (κ1) is 23.1. The Balaban J connectivity index is 1.66. The highest BCUT2D eigenvalue weighted by Gasteiger charge is 2.15. The molecular formula is C27H32O3S. The summed E-state index contributed by atoms with van der Waals surface area (Å²) in [5.41, 5.74) is 6.41. The van der Waals surface area contributed by atoms with Crippen molar-refractivity contribution in [3.05, 3.63) is 75.0 Å². The zero-order valence-corrected chi connectivity index (χ0v) is 20.2. The number of carbonyl (C=O) groups is 1. The van der Waals surface area contributed by atoms with E-state index in [-0.39, 0.29) is 11.4 Å². The van der Waals surface area contributed by atoms with Gasteiger partial charge in [-0.3, -0.25) is 0 Å². The van der Waals surface area contributed by atoms with E-state index in [4.69, 9.17) is 9.47 Å². The van der Waals surface area contributed by atoms with E-state index < -0.39 is 0 Å². The predicted molar refractivity (Wildman–Crippen MR) is 130 cm³/mol. The Morgan fingerprint density at radius 2 is 1.61 bits per heavy atom. The first-order chi connectivity index (χ1) is 14.7. The lowest BCUT2D eigenvalue weighted by Gasteiger charge is -2.20. The van der Waals surface area contributed by atoms with Gasteiger partial charge in [0.15, 0.2) is 0 Å². The molecule has 4 heteroatoms. The van der Waals surface area contributed by atoms with Gasteiger partial charge in [0.05, 0.1) is 13.2 Å². The normalized spacial score (nSPS) is 11.4. The van der Waals surface area contributed by atoms with Gasteiger partial charge in [-0.1, -0.05) is 45.0 Å². The summed E-state index contributed by atoms with van der Waals surface area (Å²) < 4.78 is 11.1. The molecule has 1 aromatic heterocycles. The van der Waals surface area contributed by atoms with Gasteiger partial charge in [0.2, 0.25) is 0 Å². The van der Waals surface area contributed by atoms with Crippen LogP contribution in [0.4, 0.5) is 0 Å². The third-order valence-electron chi connectivity index (χ3n) is 5.30. The van der Waals surface area contributed by atoms with Gasteiger partial charge in [-0.2, -0.15) is 0 Å². The Hall–Kier alpha value is -2.59. The molecule has 0 saturated heterocycles. The predicted octanol–water partition coefficient (Wildman–Crippen LogP) is 7.13. The van der Waals surface area contributed by atoms with Crippen LogP contribution in [0.3, 0.4) is 0 Å². The van der Waals surface area contributed by atoms with Gasteiger partial charge in [0.25, 0.3) is 0 Å². The Labute approximate surface area is 190 Å². The van der Waals surface area contributed by atoms with Gasteiger partial charge in [-0.05, 0) is 78.3 Å². The largest absolute Gasteiger partial charge is 0.493 e. The molecule has 0 fully saturated rings. The molecule has 0 bridgehead atoms. The van der Waals surface area contributed by atoms with Crippen LogP contribution in [0.15, 0.2) is 48.5 Å². The molecule has 0 saturated carbocycles. The number of hydrogen-bond acceptors (Lipinski definition) is 4. The first-order valence-electron chi connectivity index (χ1n) is 10.8. The van der Waals surface area contributed by atoms with Gasteiger partial charge in [-0.25, -0.2) is 4.79 Å². The number of carbonyl (C=O) groups excluding carboxylic acids is 1. The molecule has 164 valence electrons. The fourth-order valence-electron chi connectivity index (χ4n) is 3.69. The van der Waals surface area contributed by atoms with Crippen molar-refractivity contribution in [3.8, 4) is 16.9 Å². The van der Waals surface area contributed by atoms with E-state index >= 15 is 0 Å². The van der Waals surface area contributed by atoms with Crippen LogP contribution in [0.2, 0.25) is 0 Å². The standard InChI is InChI=1S/C27H32O3S/c1-7-29-26(28)24-13-12-23(31-24)14-15-30-22-16-18(2)25(19(3)17-22)20-8-10-21(11-9-20)27(4,5)6/h8-13,16-17H,7,14-15H2,1-6H3. The van der Waals surface area contributed by atoms with E-state index in [1.807, 2.05) is 19.1 Å². The first-order valence-corrected chi connectivity index (χ1v) is 11.6. The van der Waals surface area contributed by atoms with Gasteiger partial charge in [0, 0.05) is 11.3 Å². The number of ether oxygens (including phenoxy) is 2. The number of hydrogen-bond donors (Lipinski definition) is 0. The zero-order valence-electron chi connectivity index (χ0n) is 19.4. The second kappa shape index (κ2) is 9.69. The summed E-state index contributed by atoms with van der Waals surface area (Å²) in [5.74, 6) is 0.629. The molecule has 0 amide bonds. The molecule has 3 nitrogen and oxygen atoms in total. The number of esters is 1. The SMILES string of the molecule is CCOC(=O)c1ccc(CCOc2cc(C)c(-c3ccc(C(C)(C)C)cc3)c(C)c2)s1. The molecule has 1 heterocycles. The lowest BCUT2D eigenvalue weighted by molar-refractivity contribution is 0.0532. The zero-order chi connectivity index (χ0) is 22.6. The highest BCUT2D eigenvalue weighted by molar-refractivity contribution is 7.13. The lowest BCUT2D eigenvalue weighted by atomic mass is 9.85. The van der Waals surface area contributed by atoms with E-state index in [2.05, 4.69) is 71.0 Å².